The van der Waals surface area contributed by atoms with Crippen LogP contribution >= 0.6 is 0 Å². The normalized spacial score (nSPS) is 15.6. The highest BCUT2D eigenvalue weighted by atomic mass is 19.1. The van der Waals surface area contributed by atoms with Crippen molar-refractivity contribution in [2.45, 2.75) is 18.8 Å². The summed E-state index contributed by atoms with van der Waals surface area (Å²) >= 11 is 0. The molecule has 1 aliphatic rings. The molecule has 0 unspecified atom stereocenters. The van der Waals surface area contributed by atoms with Crippen molar-refractivity contribution >= 4 is 0 Å². The molecular weight excluding hydrogens is 356 g/mol. The highest BCUT2D eigenvalue weighted by Gasteiger charge is 2.27. The molecule has 5 rings (SSSR count). The molecule has 0 N–H and O–H groups in total. The number of benzene rings is 3. The molecule has 3 aromatic carbocycles. The number of rotatable bonds is 2. The standard InChI is InChI=1S/C23H17F2N3/c24-17-8-6-15(7-9-17)19-12-13-22-26-27-23(16-4-2-1-3-5-16)28(22)21-14-18(25)10-11-20(19)21/h1-11,14,19H,12-13H2/t19-/m0/s1. The quantitative estimate of drug-likeness (QED) is 0.478. The molecule has 0 saturated heterocycles. The lowest BCUT2D eigenvalue weighted by molar-refractivity contribution is 0.623. The van der Waals surface area contributed by atoms with Gasteiger partial charge in [-0.25, -0.2) is 8.78 Å². The maximum atomic E-state index is 14.2. The first-order valence-corrected chi connectivity index (χ1v) is 9.26. The van der Waals surface area contributed by atoms with E-state index in [1.165, 1.54) is 24.3 Å². The van der Waals surface area contributed by atoms with Gasteiger partial charge < -0.3 is 0 Å². The second kappa shape index (κ2) is 6.68. The number of aryl methyl sites for hydroxylation is 1. The highest BCUT2D eigenvalue weighted by molar-refractivity contribution is 5.61. The summed E-state index contributed by atoms with van der Waals surface area (Å²) in [5.41, 5.74) is 3.67. The smallest absolute Gasteiger partial charge is 0.168 e. The molecule has 0 aliphatic carbocycles. The minimum atomic E-state index is -0.308. The molecule has 5 heteroatoms. The molecule has 1 aliphatic heterocycles. The van der Waals surface area contributed by atoms with Gasteiger partial charge in [-0.05, 0) is 41.8 Å². The molecule has 0 amide bonds. The largest absolute Gasteiger partial charge is 0.279 e. The Morgan fingerprint density at radius 3 is 2.36 bits per heavy atom. The Morgan fingerprint density at radius 2 is 1.57 bits per heavy atom. The van der Waals surface area contributed by atoms with Crippen molar-refractivity contribution in [2.24, 2.45) is 0 Å². The maximum Gasteiger partial charge on any atom is 0.168 e. The second-order valence-electron chi connectivity index (χ2n) is 6.99. The summed E-state index contributed by atoms with van der Waals surface area (Å²) in [5.74, 6) is 0.955. The van der Waals surface area contributed by atoms with Crippen molar-refractivity contribution in [1.29, 1.82) is 0 Å². The van der Waals surface area contributed by atoms with Crippen LogP contribution in [-0.4, -0.2) is 14.8 Å². The minimum Gasteiger partial charge on any atom is -0.279 e. The summed E-state index contributed by atoms with van der Waals surface area (Å²) < 4.78 is 29.6. The number of aromatic nitrogens is 3. The lowest BCUT2D eigenvalue weighted by Crippen LogP contribution is -2.06. The van der Waals surface area contributed by atoms with Crippen molar-refractivity contribution in [3.63, 3.8) is 0 Å². The topological polar surface area (TPSA) is 30.7 Å². The van der Waals surface area contributed by atoms with Crippen molar-refractivity contribution in [3.05, 3.63) is 101 Å². The van der Waals surface area contributed by atoms with Gasteiger partial charge in [0.25, 0.3) is 0 Å². The Morgan fingerprint density at radius 1 is 0.821 bits per heavy atom. The number of nitrogens with zero attached hydrogens (tertiary/aromatic N) is 3. The third-order valence-electron chi connectivity index (χ3n) is 5.30. The van der Waals surface area contributed by atoms with Crippen LogP contribution in [0.4, 0.5) is 8.78 Å². The monoisotopic (exact) mass is 373 g/mol. The molecule has 0 saturated carbocycles. The van der Waals surface area contributed by atoms with Crippen LogP contribution in [0.15, 0.2) is 72.8 Å². The van der Waals surface area contributed by atoms with E-state index in [9.17, 15) is 8.78 Å². The second-order valence-corrected chi connectivity index (χ2v) is 6.99. The summed E-state index contributed by atoms with van der Waals surface area (Å²) in [6.45, 7) is 0. The molecule has 0 spiro atoms. The Labute approximate surface area is 161 Å². The lowest BCUT2D eigenvalue weighted by atomic mass is 9.87. The van der Waals surface area contributed by atoms with Crippen molar-refractivity contribution in [1.82, 2.24) is 14.8 Å². The van der Waals surface area contributed by atoms with Crippen LogP contribution in [-0.2, 0) is 6.42 Å². The number of halogens is 2. The molecule has 28 heavy (non-hydrogen) atoms. The van der Waals surface area contributed by atoms with E-state index in [-0.39, 0.29) is 17.6 Å². The first-order chi connectivity index (χ1) is 13.7. The molecule has 1 aromatic heterocycles. The summed E-state index contributed by atoms with van der Waals surface area (Å²) in [6.07, 6.45) is 1.48. The van der Waals surface area contributed by atoms with Crippen LogP contribution in [0.5, 0.6) is 0 Å². The summed E-state index contributed by atoms with van der Waals surface area (Å²) in [5, 5.41) is 8.78. The summed E-state index contributed by atoms with van der Waals surface area (Å²) in [4.78, 5) is 0. The molecular formula is C23H17F2N3. The van der Waals surface area contributed by atoms with E-state index in [0.29, 0.717) is 12.2 Å². The average Bonchev–Trinajstić information content (AvgIpc) is 3.08. The predicted octanol–water partition coefficient (Wildman–Crippen LogP) is 5.29. The zero-order chi connectivity index (χ0) is 19.1. The number of hydrogen-bond acceptors (Lipinski definition) is 2. The van der Waals surface area contributed by atoms with E-state index in [4.69, 9.17) is 0 Å². The van der Waals surface area contributed by atoms with Crippen molar-refractivity contribution in [2.75, 3.05) is 0 Å². The molecule has 138 valence electrons. The first-order valence-electron chi connectivity index (χ1n) is 9.26. The average molecular weight is 373 g/mol. The Bertz CT molecular complexity index is 1130. The van der Waals surface area contributed by atoms with Crippen molar-refractivity contribution < 1.29 is 8.78 Å². The molecule has 1 atom stereocenters. The minimum absolute atomic E-state index is 0.0292. The van der Waals surface area contributed by atoms with Crippen LogP contribution in [0, 0.1) is 11.6 Å². The van der Waals surface area contributed by atoms with E-state index >= 15 is 0 Å². The number of fused-ring (bicyclic) bond motifs is 3. The highest BCUT2D eigenvalue weighted by Crippen LogP contribution is 2.38. The molecule has 0 radical (unpaired) electrons. The predicted molar refractivity (Wildman–Crippen MR) is 103 cm³/mol. The van der Waals surface area contributed by atoms with Crippen LogP contribution in [0.25, 0.3) is 17.1 Å². The van der Waals surface area contributed by atoms with Gasteiger partial charge in [0.05, 0.1) is 5.69 Å². The van der Waals surface area contributed by atoms with Gasteiger partial charge in [-0.1, -0.05) is 48.5 Å². The fourth-order valence-electron chi connectivity index (χ4n) is 3.98. The van der Waals surface area contributed by atoms with Gasteiger partial charge in [0, 0.05) is 17.9 Å². The van der Waals surface area contributed by atoms with E-state index < -0.39 is 0 Å². The third kappa shape index (κ3) is 2.80. The van der Waals surface area contributed by atoms with Gasteiger partial charge in [0.1, 0.15) is 17.5 Å². The van der Waals surface area contributed by atoms with Gasteiger partial charge >= 0.3 is 0 Å². The van der Waals surface area contributed by atoms with Gasteiger partial charge in [0.15, 0.2) is 5.82 Å². The zero-order valence-corrected chi connectivity index (χ0v) is 15.0. The van der Waals surface area contributed by atoms with Gasteiger partial charge in [-0.3, -0.25) is 4.57 Å². The van der Waals surface area contributed by atoms with E-state index in [0.717, 1.165) is 34.6 Å². The molecule has 2 heterocycles. The molecule has 0 fully saturated rings. The fourth-order valence-corrected chi connectivity index (χ4v) is 3.98. The SMILES string of the molecule is Fc1ccc([C@@H]2CCc3nnc(-c4ccccc4)n3-c3cc(F)ccc32)cc1. The Balaban J connectivity index is 1.72. The Kier molecular flexibility index (Phi) is 4.01. The van der Waals surface area contributed by atoms with Gasteiger partial charge in [0.2, 0.25) is 0 Å². The molecule has 4 aromatic rings. The summed E-state index contributed by atoms with van der Waals surface area (Å²) in [7, 11) is 0. The van der Waals surface area contributed by atoms with E-state index in [2.05, 4.69) is 10.2 Å². The van der Waals surface area contributed by atoms with Crippen LogP contribution in [0.3, 0.4) is 0 Å². The Hall–Kier alpha value is -3.34. The van der Waals surface area contributed by atoms with Gasteiger partial charge in [-0.2, -0.15) is 0 Å². The number of hydrogen-bond donors (Lipinski definition) is 0. The molecule has 0 bridgehead atoms. The van der Waals surface area contributed by atoms with Crippen molar-refractivity contribution in [3.8, 4) is 17.1 Å². The van der Waals surface area contributed by atoms with E-state index in [1.807, 2.05) is 41.0 Å². The molecule has 3 nitrogen and oxygen atoms in total. The van der Waals surface area contributed by atoms with E-state index in [1.54, 1.807) is 12.1 Å². The van der Waals surface area contributed by atoms with Crippen LogP contribution < -0.4 is 0 Å². The summed E-state index contributed by atoms with van der Waals surface area (Å²) in [6, 6.07) is 21.2. The zero-order valence-electron chi connectivity index (χ0n) is 15.0. The van der Waals surface area contributed by atoms with Crippen LogP contribution in [0.1, 0.15) is 29.3 Å². The van der Waals surface area contributed by atoms with Gasteiger partial charge in [-0.15, -0.1) is 10.2 Å². The van der Waals surface area contributed by atoms with Crippen LogP contribution in [0.2, 0.25) is 0 Å². The maximum absolute atomic E-state index is 14.2. The first kappa shape index (κ1) is 16.8. The lowest BCUT2D eigenvalue weighted by Gasteiger charge is -2.19. The third-order valence-corrected chi connectivity index (χ3v) is 5.30. The fraction of sp³-hybridized carbons (Fsp3) is 0.130.